The van der Waals surface area contributed by atoms with E-state index in [0.717, 1.165) is 12.1 Å². The topological polar surface area (TPSA) is 123 Å². The summed E-state index contributed by atoms with van der Waals surface area (Å²) < 4.78 is 26.6. The first-order valence-corrected chi connectivity index (χ1v) is 6.11. The van der Waals surface area contributed by atoms with Crippen molar-refractivity contribution in [2.45, 2.75) is 4.90 Å². The van der Waals surface area contributed by atoms with Crippen LogP contribution in [0.25, 0.3) is 10.9 Å². The van der Waals surface area contributed by atoms with Crippen molar-refractivity contribution >= 4 is 32.5 Å². The van der Waals surface area contributed by atoms with E-state index in [2.05, 4.69) is 9.40 Å². The fraction of sp³-hybridized carbons (Fsp3) is 0. The lowest BCUT2D eigenvalue weighted by Gasteiger charge is -2.02. The Morgan fingerprint density at radius 3 is 2.53 bits per heavy atom. The third-order valence-corrected chi connectivity index (χ3v) is 3.40. The van der Waals surface area contributed by atoms with Crippen molar-refractivity contribution in [1.82, 2.24) is 4.98 Å². The van der Waals surface area contributed by atoms with Crippen LogP contribution >= 0.6 is 11.6 Å². The predicted molar refractivity (Wildman–Crippen MR) is 59.5 cm³/mol. The summed E-state index contributed by atoms with van der Waals surface area (Å²) in [4.78, 5) is 24.0. The minimum absolute atomic E-state index is 0.0728. The standard InChI is InChI=1S/C8H5ClN2O5S/c9-4-2-5-3(1-6(4)17(10,14)15)7(12)16-8(13)11-5/h1-2H,(H,11,13)(H2,10,14,15). The van der Waals surface area contributed by atoms with Gasteiger partial charge in [0.05, 0.1) is 15.9 Å². The Kier molecular flexibility index (Phi) is 2.57. The van der Waals surface area contributed by atoms with Gasteiger partial charge >= 0.3 is 11.4 Å². The number of benzene rings is 1. The van der Waals surface area contributed by atoms with Gasteiger partial charge in [0.2, 0.25) is 10.0 Å². The molecule has 0 radical (unpaired) electrons. The molecule has 1 aromatic carbocycles. The van der Waals surface area contributed by atoms with Crippen LogP contribution in [-0.4, -0.2) is 13.4 Å². The van der Waals surface area contributed by atoms with E-state index >= 15 is 0 Å². The van der Waals surface area contributed by atoms with Crippen molar-refractivity contribution < 1.29 is 12.8 Å². The Morgan fingerprint density at radius 1 is 1.29 bits per heavy atom. The second-order valence-electron chi connectivity index (χ2n) is 3.18. The number of aromatic nitrogens is 1. The highest BCUT2D eigenvalue weighted by Gasteiger charge is 2.16. The molecule has 0 aliphatic rings. The highest BCUT2D eigenvalue weighted by atomic mass is 35.5. The molecule has 0 bridgehead atoms. The minimum atomic E-state index is -4.06. The third kappa shape index (κ3) is 2.09. The van der Waals surface area contributed by atoms with E-state index < -0.39 is 26.3 Å². The first kappa shape index (κ1) is 11.8. The monoisotopic (exact) mass is 276 g/mol. The van der Waals surface area contributed by atoms with Gasteiger partial charge in [0.25, 0.3) is 0 Å². The van der Waals surface area contributed by atoms with Crippen molar-refractivity contribution in [2.24, 2.45) is 5.14 Å². The predicted octanol–water partition coefficient (Wildman–Crippen LogP) is -0.218. The molecule has 0 spiro atoms. The van der Waals surface area contributed by atoms with Crippen molar-refractivity contribution in [1.29, 1.82) is 0 Å². The molecule has 17 heavy (non-hydrogen) atoms. The van der Waals surface area contributed by atoms with Crippen LogP contribution in [0.1, 0.15) is 0 Å². The van der Waals surface area contributed by atoms with Gasteiger partial charge < -0.3 is 4.42 Å². The molecule has 0 amide bonds. The smallest absolute Gasteiger partial charge is 0.372 e. The average Bonchev–Trinajstić information content (AvgIpc) is 2.13. The zero-order valence-electron chi connectivity index (χ0n) is 8.06. The number of primary sulfonamides is 1. The molecular weight excluding hydrogens is 272 g/mol. The quantitative estimate of drug-likeness (QED) is 0.745. The normalized spacial score (nSPS) is 11.9. The van der Waals surface area contributed by atoms with Crippen LogP contribution < -0.4 is 16.5 Å². The molecule has 3 N–H and O–H groups in total. The SMILES string of the molecule is NS(=O)(=O)c1cc2c(=O)oc(=O)[nH]c2cc1Cl. The fourth-order valence-electron chi connectivity index (χ4n) is 1.32. The lowest BCUT2D eigenvalue weighted by Crippen LogP contribution is -2.17. The number of aromatic amines is 1. The lowest BCUT2D eigenvalue weighted by molar-refractivity contribution is 0.460. The Bertz CT molecular complexity index is 820. The van der Waals surface area contributed by atoms with Crippen LogP contribution in [-0.2, 0) is 10.0 Å². The summed E-state index contributed by atoms with van der Waals surface area (Å²) in [6, 6.07) is 2.07. The van der Waals surface area contributed by atoms with Crippen LogP contribution in [0.5, 0.6) is 0 Å². The van der Waals surface area contributed by atoms with E-state index in [1.807, 2.05) is 0 Å². The first-order chi connectivity index (χ1) is 7.79. The summed E-state index contributed by atoms with van der Waals surface area (Å²) in [7, 11) is -4.06. The van der Waals surface area contributed by atoms with E-state index in [0.29, 0.717) is 0 Å². The van der Waals surface area contributed by atoms with Crippen molar-refractivity contribution in [2.75, 3.05) is 0 Å². The number of rotatable bonds is 1. The molecular formula is C8H5ClN2O5S. The number of hydrogen-bond donors (Lipinski definition) is 2. The molecule has 2 rings (SSSR count). The molecule has 90 valence electrons. The number of nitrogens with two attached hydrogens (primary N) is 1. The molecule has 0 unspecified atom stereocenters. The van der Waals surface area contributed by atoms with E-state index in [4.69, 9.17) is 16.7 Å². The van der Waals surface area contributed by atoms with Crippen LogP contribution in [0.3, 0.4) is 0 Å². The number of fused-ring (bicyclic) bond motifs is 1. The van der Waals surface area contributed by atoms with E-state index in [1.54, 1.807) is 0 Å². The highest BCUT2D eigenvalue weighted by Crippen LogP contribution is 2.23. The summed E-state index contributed by atoms with van der Waals surface area (Å²) in [5, 5.41) is 4.59. The van der Waals surface area contributed by atoms with Crippen LogP contribution in [0, 0.1) is 0 Å². The fourth-order valence-corrected chi connectivity index (χ4v) is 2.42. The summed E-state index contributed by atoms with van der Waals surface area (Å²) in [5.41, 5.74) is -0.894. The van der Waals surface area contributed by atoms with Gasteiger partial charge in [-0.15, -0.1) is 0 Å². The molecule has 2 aromatic rings. The second kappa shape index (κ2) is 3.69. The first-order valence-electron chi connectivity index (χ1n) is 4.18. The molecule has 0 aliphatic carbocycles. The van der Waals surface area contributed by atoms with Crippen LogP contribution in [0.4, 0.5) is 0 Å². The second-order valence-corrected chi connectivity index (χ2v) is 5.11. The van der Waals surface area contributed by atoms with Crippen molar-refractivity contribution in [3.8, 4) is 0 Å². The molecule has 0 saturated carbocycles. The van der Waals surface area contributed by atoms with Gasteiger partial charge in [-0.25, -0.2) is 23.1 Å². The molecule has 0 aliphatic heterocycles. The van der Waals surface area contributed by atoms with Gasteiger partial charge in [0.1, 0.15) is 4.90 Å². The van der Waals surface area contributed by atoms with Gasteiger partial charge in [0.15, 0.2) is 0 Å². The third-order valence-electron chi connectivity index (χ3n) is 2.02. The summed E-state index contributed by atoms with van der Waals surface area (Å²) in [6.07, 6.45) is 0. The molecule has 9 heteroatoms. The largest absolute Gasteiger partial charge is 0.419 e. The van der Waals surface area contributed by atoms with Crippen molar-refractivity contribution in [3.63, 3.8) is 0 Å². The number of hydrogen-bond acceptors (Lipinski definition) is 5. The molecule has 1 aromatic heterocycles. The lowest BCUT2D eigenvalue weighted by atomic mass is 10.2. The highest BCUT2D eigenvalue weighted by molar-refractivity contribution is 7.89. The van der Waals surface area contributed by atoms with E-state index in [-0.39, 0.29) is 15.9 Å². The number of nitrogens with one attached hydrogen (secondary N) is 1. The van der Waals surface area contributed by atoms with Gasteiger partial charge in [-0.2, -0.15) is 0 Å². The number of sulfonamides is 1. The maximum atomic E-state index is 11.3. The Hall–Kier alpha value is -1.64. The molecule has 0 atom stereocenters. The van der Waals surface area contributed by atoms with E-state index in [9.17, 15) is 18.0 Å². The Morgan fingerprint density at radius 2 is 1.94 bits per heavy atom. The zero-order chi connectivity index (χ0) is 12.8. The van der Waals surface area contributed by atoms with Crippen LogP contribution in [0.15, 0.2) is 31.0 Å². The van der Waals surface area contributed by atoms with Gasteiger partial charge in [-0.1, -0.05) is 11.6 Å². The Balaban J connectivity index is 3.01. The summed E-state index contributed by atoms with van der Waals surface area (Å²) in [5.74, 6) is -0.957. The van der Waals surface area contributed by atoms with Gasteiger partial charge in [-0.3, -0.25) is 4.98 Å². The van der Waals surface area contributed by atoms with Gasteiger partial charge in [-0.05, 0) is 12.1 Å². The number of H-pyrrole nitrogens is 1. The zero-order valence-corrected chi connectivity index (χ0v) is 9.63. The number of halogens is 1. The average molecular weight is 277 g/mol. The Labute approximate surface area is 98.9 Å². The molecule has 0 saturated heterocycles. The molecule has 0 fully saturated rings. The summed E-state index contributed by atoms with van der Waals surface area (Å²) >= 11 is 5.68. The summed E-state index contributed by atoms with van der Waals surface area (Å²) in [6.45, 7) is 0. The maximum absolute atomic E-state index is 11.3. The van der Waals surface area contributed by atoms with Gasteiger partial charge in [0, 0.05) is 0 Å². The van der Waals surface area contributed by atoms with E-state index in [1.165, 1.54) is 0 Å². The van der Waals surface area contributed by atoms with Crippen LogP contribution in [0.2, 0.25) is 5.02 Å². The maximum Gasteiger partial charge on any atom is 0.419 e. The minimum Gasteiger partial charge on any atom is -0.372 e. The molecule has 7 nitrogen and oxygen atoms in total. The molecule has 1 heterocycles. The van der Waals surface area contributed by atoms with Crippen molar-refractivity contribution in [3.05, 3.63) is 38.1 Å².